The molecule has 1 aromatic heterocycles. The summed E-state index contributed by atoms with van der Waals surface area (Å²) in [6, 6.07) is 10.2. The number of ether oxygens (including phenoxy) is 2. The maximum absolute atomic E-state index is 13.8. The van der Waals surface area contributed by atoms with Crippen molar-refractivity contribution in [1.29, 1.82) is 0 Å². The number of methoxy groups -OCH3 is 1. The van der Waals surface area contributed by atoms with Crippen molar-refractivity contribution in [3.8, 4) is 17.0 Å². The molecule has 0 amide bonds. The molecular formula is C16H16FN3O2. The molecule has 2 aromatic carbocycles. The number of rotatable bonds is 5. The van der Waals surface area contributed by atoms with Crippen LogP contribution in [0.25, 0.3) is 22.2 Å². The highest BCUT2D eigenvalue weighted by Crippen LogP contribution is 2.31. The minimum absolute atomic E-state index is 0.176. The molecule has 3 rings (SSSR count). The molecule has 1 heterocycles. The molecule has 5 nitrogen and oxygen atoms in total. The monoisotopic (exact) mass is 301 g/mol. The van der Waals surface area contributed by atoms with Crippen molar-refractivity contribution in [2.24, 2.45) is 0 Å². The van der Waals surface area contributed by atoms with Crippen LogP contribution in [0.2, 0.25) is 0 Å². The number of fused-ring (bicyclic) bond motifs is 1. The lowest BCUT2D eigenvalue weighted by Gasteiger charge is -2.08. The van der Waals surface area contributed by atoms with Crippen LogP contribution in [0, 0.1) is 5.82 Å². The van der Waals surface area contributed by atoms with Crippen LogP contribution in [-0.4, -0.2) is 30.5 Å². The molecular weight excluding hydrogens is 285 g/mol. The molecule has 0 bridgehead atoms. The van der Waals surface area contributed by atoms with Crippen LogP contribution in [-0.2, 0) is 4.74 Å². The Labute approximate surface area is 126 Å². The van der Waals surface area contributed by atoms with E-state index in [1.165, 1.54) is 6.07 Å². The predicted octanol–water partition coefficient (Wildman–Crippen LogP) is 2.98. The highest BCUT2D eigenvalue weighted by atomic mass is 19.1. The van der Waals surface area contributed by atoms with Crippen molar-refractivity contribution >= 4 is 16.6 Å². The van der Waals surface area contributed by atoms with Gasteiger partial charge in [0.25, 0.3) is 0 Å². The zero-order chi connectivity index (χ0) is 15.5. The number of anilines is 1. The molecule has 0 aliphatic carbocycles. The molecule has 0 radical (unpaired) electrons. The summed E-state index contributed by atoms with van der Waals surface area (Å²) in [6.07, 6.45) is 0. The van der Waals surface area contributed by atoms with Gasteiger partial charge in [0.2, 0.25) is 0 Å². The first-order valence-electron chi connectivity index (χ1n) is 6.84. The average molecular weight is 301 g/mol. The van der Waals surface area contributed by atoms with E-state index in [1.54, 1.807) is 25.3 Å². The van der Waals surface area contributed by atoms with Gasteiger partial charge in [0.1, 0.15) is 12.3 Å². The van der Waals surface area contributed by atoms with E-state index < -0.39 is 5.82 Å². The number of hydrogen-bond acceptors (Lipinski definition) is 4. The Balaban J connectivity index is 1.99. The average Bonchev–Trinajstić information content (AvgIpc) is 2.92. The summed E-state index contributed by atoms with van der Waals surface area (Å²) < 4.78 is 24.1. The maximum atomic E-state index is 13.8. The van der Waals surface area contributed by atoms with Crippen LogP contribution < -0.4 is 10.5 Å². The Hall–Kier alpha value is -2.60. The second-order valence-electron chi connectivity index (χ2n) is 4.86. The van der Waals surface area contributed by atoms with Crippen LogP contribution >= 0.6 is 0 Å². The molecule has 0 fully saturated rings. The van der Waals surface area contributed by atoms with Crippen LogP contribution in [0.4, 0.5) is 10.1 Å². The Morgan fingerprint density at radius 3 is 2.86 bits per heavy atom. The first kappa shape index (κ1) is 14.3. The van der Waals surface area contributed by atoms with E-state index in [1.807, 2.05) is 12.1 Å². The number of nitrogens with one attached hydrogen (secondary N) is 1. The molecule has 3 N–H and O–H groups in total. The third-order valence-corrected chi connectivity index (χ3v) is 3.34. The number of H-pyrrole nitrogens is 1. The van der Waals surface area contributed by atoms with Crippen LogP contribution in [0.5, 0.6) is 5.75 Å². The molecule has 0 spiro atoms. The summed E-state index contributed by atoms with van der Waals surface area (Å²) in [5.41, 5.74) is 8.81. The fraction of sp³-hybridized carbons (Fsp3) is 0.188. The summed E-state index contributed by atoms with van der Waals surface area (Å²) in [4.78, 5) is 0. The number of halogens is 1. The molecule has 0 aliphatic rings. The minimum Gasteiger partial charge on any atom is -0.488 e. The Bertz CT molecular complexity index is 801. The van der Waals surface area contributed by atoms with Crippen molar-refractivity contribution in [3.63, 3.8) is 0 Å². The lowest BCUT2D eigenvalue weighted by Crippen LogP contribution is -2.05. The normalized spacial score (nSPS) is 11.0. The number of aromatic nitrogens is 2. The van der Waals surface area contributed by atoms with E-state index in [0.717, 1.165) is 16.5 Å². The molecule has 6 heteroatoms. The summed E-state index contributed by atoms with van der Waals surface area (Å²) >= 11 is 0. The quantitative estimate of drug-likeness (QED) is 0.561. The standard InChI is InChI=1S/C16H16FN3O2/c1-21-6-7-22-15-8-10(2-4-13(15)17)16-12-9-11(18)3-5-14(12)19-20-16/h2-5,8-9H,6-7,18H2,1H3,(H,19,20). The molecule has 0 atom stereocenters. The topological polar surface area (TPSA) is 73.2 Å². The van der Waals surface area contributed by atoms with E-state index >= 15 is 0 Å². The summed E-state index contributed by atoms with van der Waals surface area (Å²) in [6.45, 7) is 0.677. The minimum atomic E-state index is -0.417. The van der Waals surface area contributed by atoms with Gasteiger partial charge in [0.05, 0.1) is 12.1 Å². The lowest BCUT2D eigenvalue weighted by molar-refractivity contribution is 0.144. The van der Waals surface area contributed by atoms with Crippen molar-refractivity contribution in [2.45, 2.75) is 0 Å². The first-order chi connectivity index (χ1) is 10.7. The smallest absolute Gasteiger partial charge is 0.165 e. The number of nitrogens with two attached hydrogens (primary N) is 1. The third kappa shape index (κ3) is 2.73. The van der Waals surface area contributed by atoms with E-state index in [4.69, 9.17) is 15.2 Å². The van der Waals surface area contributed by atoms with E-state index in [0.29, 0.717) is 18.0 Å². The van der Waals surface area contributed by atoms with Gasteiger partial charge in [0, 0.05) is 23.7 Å². The Kier molecular flexibility index (Phi) is 3.93. The molecule has 0 unspecified atom stereocenters. The molecule has 0 saturated carbocycles. The highest BCUT2D eigenvalue weighted by Gasteiger charge is 2.12. The van der Waals surface area contributed by atoms with Crippen molar-refractivity contribution in [3.05, 3.63) is 42.2 Å². The molecule has 22 heavy (non-hydrogen) atoms. The van der Waals surface area contributed by atoms with Gasteiger partial charge in [-0.05, 0) is 36.4 Å². The maximum Gasteiger partial charge on any atom is 0.165 e. The zero-order valence-electron chi connectivity index (χ0n) is 12.1. The van der Waals surface area contributed by atoms with Gasteiger partial charge in [0.15, 0.2) is 11.6 Å². The Morgan fingerprint density at radius 2 is 2.05 bits per heavy atom. The van der Waals surface area contributed by atoms with Crippen LogP contribution in [0.15, 0.2) is 36.4 Å². The number of benzene rings is 2. The molecule has 3 aromatic rings. The number of hydrogen-bond donors (Lipinski definition) is 2. The molecule has 0 aliphatic heterocycles. The van der Waals surface area contributed by atoms with E-state index in [-0.39, 0.29) is 12.4 Å². The fourth-order valence-electron chi connectivity index (χ4n) is 2.25. The van der Waals surface area contributed by atoms with Crippen LogP contribution in [0.1, 0.15) is 0 Å². The fourth-order valence-corrected chi connectivity index (χ4v) is 2.25. The van der Waals surface area contributed by atoms with Gasteiger partial charge in [-0.3, -0.25) is 5.10 Å². The first-order valence-corrected chi connectivity index (χ1v) is 6.84. The van der Waals surface area contributed by atoms with Gasteiger partial charge in [-0.25, -0.2) is 4.39 Å². The van der Waals surface area contributed by atoms with Gasteiger partial charge < -0.3 is 15.2 Å². The van der Waals surface area contributed by atoms with Gasteiger partial charge in [-0.1, -0.05) is 0 Å². The predicted molar refractivity (Wildman–Crippen MR) is 83.3 cm³/mol. The van der Waals surface area contributed by atoms with Gasteiger partial charge in [-0.2, -0.15) is 5.10 Å². The molecule has 114 valence electrons. The lowest BCUT2D eigenvalue weighted by atomic mass is 10.1. The summed E-state index contributed by atoms with van der Waals surface area (Å²) in [7, 11) is 1.57. The summed E-state index contributed by atoms with van der Waals surface area (Å²) in [5.74, 6) is -0.242. The number of nitrogen functional groups attached to an aromatic ring is 1. The third-order valence-electron chi connectivity index (χ3n) is 3.34. The Morgan fingerprint density at radius 1 is 1.18 bits per heavy atom. The molecule has 0 saturated heterocycles. The largest absolute Gasteiger partial charge is 0.488 e. The highest BCUT2D eigenvalue weighted by molar-refractivity contribution is 5.94. The van der Waals surface area contributed by atoms with Crippen molar-refractivity contribution in [1.82, 2.24) is 10.2 Å². The van der Waals surface area contributed by atoms with Gasteiger partial charge >= 0.3 is 0 Å². The second kappa shape index (κ2) is 6.03. The zero-order valence-corrected chi connectivity index (χ0v) is 12.1. The second-order valence-corrected chi connectivity index (χ2v) is 4.86. The SMILES string of the molecule is COCCOc1cc(-c2n[nH]c3ccc(N)cc23)ccc1F. The van der Waals surface area contributed by atoms with E-state index in [9.17, 15) is 4.39 Å². The van der Waals surface area contributed by atoms with Crippen molar-refractivity contribution < 1.29 is 13.9 Å². The summed E-state index contributed by atoms with van der Waals surface area (Å²) in [5, 5.41) is 8.11. The van der Waals surface area contributed by atoms with Gasteiger partial charge in [-0.15, -0.1) is 0 Å². The number of nitrogens with zero attached hydrogens (tertiary/aromatic N) is 1. The van der Waals surface area contributed by atoms with Crippen LogP contribution in [0.3, 0.4) is 0 Å². The number of aromatic amines is 1. The van der Waals surface area contributed by atoms with E-state index in [2.05, 4.69) is 10.2 Å². The van der Waals surface area contributed by atoms with Crippen molar-refractivity contribution in [2.75, 3.05) is 26.1 Å².